The number of hydrogen-bond acceptors (Lipinski definition) is 7. The van der Waals surface area contributed by atoms with Gasteiger partial charge in [0.05, 0.1) is 14.2 Å². The minimum absolute atomic E-state index is 0.130. The largest absolute Gasteiger partial charge is 0.493 e. The van der Waals surface area contributed by atoms with E-state index in [9.17, 15) is 14.4 Å². The summed E-state index contributed by atoms with van der Waals surface area (Å²) >= 11 is 0. The van der Waals surface area contributed by atoms with E-state index in [4.69, 9.17) is 14.0 Å². The SMILES string of the molecule is CC[C@H](C)c1ccc(N(C(=O)CCC(=O)Nc2cc(C)on2)[C@@H](C(=O)NC(C)(C)C)c2cccc(OC)c2OC)cc1. The van der Waals surface area contributed by atoms with Gasteiger partial charge in [0, 0.05) is 35.7 Å². The highest BCUT2D eigenvalue weighted by Gasteiger charge is 2.37. The minimum Gasteiger partial charge on any atom is -0.493 e. The van der Waals surface area contributed by atoms with E-state index in [1.54, 1.807) is 31.2 Å². The van der Waals surface area contributed by atoms with Crippen LogP contribution in [-0.2, 0) is 14.4 Å². The lowest BCUT2D eigenvalue weighted by Gasteiger charge is -2.34. The third-order valence-corrected chi connectivity index (χ3v) is 6.82. The molecule has 10 heteroatoms. The maximum absolute atomic E-state index is 14.1. The number of ether oxygens (including phenoxy) is 2. The average Bonchev–Trinajstić information content (AvgIpc) is 3.36. The summed E-state index contributed by atoms with van der Waals surface area (Å²) in [6, 6.07) is 13.3. The van der Waals surface area contributed by atoms with E-state index in [2.05, 4.69) is 29.6 Å². The predicted octanol–water partition coefficient (Wildman–Crippen LogP) is 5.92. The molecule has 226 valence electrons. The van der Waals surface area contributed by atoms with Crippen LogP contribution in [0, 0.1) is 6.92 Å². The Balaban J connectivity index is 2.09. The molecule has 0 saturated carbocycles. The minimum atomic E-state index is -1.13. The summed E-state index contributed by atoms with van der Waals surface area (Å²) < 4.78 is 16.2. The van der Waals surface area contributed by atoms with Gasteiger partial charge >= 0.3 is 0 Å². The van der Waals surface area contributed by atoms with Gasteiger partial charge in [0.25, 0.3) is 0 Å². The Bertz CT molecular complexity index is 1380. The van der Waals surface area contributed by atoms with Crippen molar-refractivity contribution >= 4 is 29.2 Å². The van der Waals surface area contributed by atoms with Crippen molar-refractivity contribution in [1.29, 1.82) is 0 Å². The van der Waals surface area contributed by atoms with Crippen LogP contribution in [0.25, 0.3) is 0 Å². The van der Waals surface area contributed by atoms with Crippen molar-refractivity contribution in [2.45, 2.75) is 78.3 Å². The number of benzene rings is 2. The zero-order valence-corrected chi connectivity index (χ0v) is 25.7. The summed E-state index contributed by atoms with van der Waals surface area (Å²) in [4.78, 5) is 42.3. The zero-order chi connectivity index (χ0) is 31.0. The molecule has 0 radical (unpaired) electrons. The van der Waals surface area contributed by atoms with Crippen molar-refractivity contribution < 1.29 is 28.4 Å². The Morgan fingerprint density at radius 2 is 1.71 bits per heavy atom. The molecule has 1 aromatic heterocycles. The molecule has 2 atom stereocenters. The lowest BCUT2D eigenvalue weighted by Crippen LogP contribution is -2.49. The fourth-order valence-electron chi connectivity index (χ4n) is 4.57. The van der Waals surface area contributed by atoms with Gasteiger partial charge in [-0.1, -0.05) is 43.3 Å². The van der Waals surface area contributed by atoms with Crippen molar-refractivity contribution in [3.8, 4) is 11.5 Å². The molecule has 3 amide bonds. The van der Waals surface area contributed by atoms with Gasteiger partial charge in [0.15, 0.2) is 17.3 Å². The molecule has 0 saturated heterocycles. The molecule has 0 aliphatic carbocycles. The van der Waals surface area contributed by atoms with Crippen LogP contribution in [0.3, 0.4) is 0 Å². The number of hydrogen-bond donors (Lipinski definition) is 2. The number of rotatable bonds is 12. The number of aryl methyl sites for hydroxylation is 1. The summed E-state index contributed by atoms with van der Waals surface area (Å²) in [6.07, 6.45) is 0.663. The molecule has 0 fully saturated rings. The standard InChI is InChI=1S/C32H42N4O6/c1-9-20(2)22-13-15-23(16-14-22)36(28(38)18-17-27(37)33-26-19-21(3)42-35-26)29(31(39)34-32(4,5)6)24-11-10-12-25(40-7)30(24)41-8/h10-16,19-20,29H,9,17-18H2,1-8H3,(H,34,39)(H,33,35,37)/t20-,29+/m0/s1. The van der Waals surface area contributed by atoms with Crippen LogP contribution < -0.4 is 25.0 Å². The normalized spacial score (nSPS) is 12.7. The van der Waals surface area contributed by atoms with E-state index < -0.39 is 29.3 Å². The summed E-state index contributed by atoms with van der Waals surface area (Å²) in [6.45, 7) is 11.6. The first-order valence-corrected chi connectivity index (χ1v) is 14.1. The number of amides is 3. The van der Waals surface area contributed by atoms with Gasteiger partial charge in [0.1, 0.15) is 11.8 Å². The van der Waals surface area contributed by atoms with Crippen LogP contribution in [0.2, 0.25) is 0 Å². The molecule has 0 aliphatic heterocycles. The van der Waals surface area contributed by atoms with Gasteiger partial charge in [0.2, 0.25) is 17.7 Å². The number of carbonyl (C=O) groups excluding carboxylic acids is 3. The Hall–Kier alpha value is -4.34. The Kier molecular flexibility index (Phi) is 10.7. The summed E-state index contributed by atoms with van der Waals surface area (Å²) in [5, 5.41) is 9.44. The van der Waals surface area contributed by atoms with Gasteiger partial charge in [-0.3, -0.25) is 19.3 Å². The smallest absolute Gasteiger partial charge is 0.248 e. The highest BCUT2D eigenvalue weighted by molar-refractivity contribution is 6.03. The third-order valence-electron chi connectivity index (χ3n) is 6.82. The van der Waals surface area contributed by atoms with E-state index >= 15 is 0 Å². The van der Waals surface area contributed by atoms with Crippen molar-refractivity contribution in [3.05, 3.63) is 65.4 Å². The fraction of sp³-hybridized carbons (Fsp3) is 0.438. The molecule has 42 heavy (non-hydrogen) atoms. The molecular weight excluding hydrogens is 536 g/mol. The van der Waals surface area contributed by atoms with E-state index in [0.717, 1.165) is 12.0 Å². The zero-order valence-electron chi connectivity index (χ0n) is 25.7. The summed E-state index contributed by atoms with van der Waals surface area (Å²) in [7, 11) is 3.00. The van der Waals surface area contributed by atoms with Crippen molar-refractivity contribution in [2.24, 2.45) is 0 Å². The molecule has 0 bridgehead atoms. The number of nitrogens with one attached hydrogen (secondary N) is 2. The number of aromatic nitrogens is 1. The number of nitrogens with zero attached hydrogens (tertiary/aromatic N) is 2. The third kappa shape index (κ3) is 8.11. The Morgan fingerprint density at radius 3 is 2.26 bits per heavy atom. The second-order valence-corrected chi connectivity index (χ2v) is 11.3. The Morgan fingerprint density at radius 1 is 1.02 bits per heavy atom. The fourth-order valence-corrected chi connectivity index (χ4v) is 4.57. The maximum Gasteiger partial charge on any atom is 0.248 e. The summed E-state index contributed by atoms with van der Waals surface area (Å²) in [5.41, 5.74) is 1.48. The average molecular weight is 579 g/mol. The number of methoxy groups -OCH3 is 2. The van der Waals surface area contributed by atoms with Crippen molar-refractivity contribution in [1.82, 2.24) is 10.5 Å². The van der Waals surface area contributed by atoms with Crippen LogP contribution in [0.1, 0.15) is 82.7 Å². The highest BCUT2D eigenvalue weighted by Crippen LogP contribution is 2.40. The van der Waals surface area contributed by atoms with Crippen LogP contribution in [0.15, 0.2) is 53.1 Å². The van der Waals surface area contributed by atoms with E-state index in [0.29, 0.717) is 34.4 Å². The lowest BCUT2D eigenvalue weighted by atomic mass is 9.96. The van der Waals surface area contributed by atoms with Crippen molar-refractivity contribution in [2.75, 3.05) is 24.4 Å². The first kappa shape index (κ1) is 32.2. The van der Waals surface area contributed by atoms with Crippen LogP contribution in [0.4, 0.5) is 11.5 Å². The van der Waals surface area contributed by atoms with E-state index in [-0.39, 0.29) is 18.7 Å². The molecule has 2 aromatic carbocycles. The molecule has 2 N–H and O–H groups in total. The predicted molar refractivity (Wildman–Crippen MR) is 162 cm³/mol. The molecule has 1 heterocycles. The second-order valence-electron chi connectivity index (χ2n) is 11.3. The summed E-state index contributed by atoms with van der Waals surface area (Å²) in [5.74, 6) is 0.670. The molecule has 10 nitrogen and oxygen atoms in total. The van der Waals surface area contributed by atoms with Gasteiger partial charge in [-0.15, -0.1) is 0 Å². The second kappa shape index (κ2) is 14.0. The van der Waals surface area contributed by atoms with E-state index in [1.807, 2.05) is 45.0 Å². The van der Waals surface area contributed by atoms with Crippen molar-refractivity contribution in [3.63, 3.8) is 0 Å². The molecule has 0 unspecified atom stereocenters. The first-order valence-electron chi connectivity index (χ1n) is 14.1. The van der Waals surface area contributed by atoms with Crippen LogP contribution >= 0.6 is 0 Å². The maximum atomic E-state index is 14.1. The number of carbonyl (C=O) groups is 3. The molecule has 3 aromatic rings. The monoisotopic (exact) mass is 578 g/mol. The topological polar surface area (TPSA) is 123 Å². The van der Waals surface area contributed by atoms with E-state index in [1.165, 1.54) is 19.1 Å². The van der Waals surface area contributed by atoms with Crippen LogP contribution in [0.5, 0.6) is 11.5 Å². The first-order chi connectivity index (χ1) is 19.9. The van der Waals surface area contributed by atoms with Gasteiger partial charge in [-0.2, -0.15) is 0 Å². The van der Waals surface area contributed by atoms with Gasteiger partial charge in [-0.05, 0) is 63.8 Å². The van der Waals surface area contributed by atoms with Crippen LogP contribution in [-0.4, -0.2) is 42.6 Å². The van der Waals surface area contributed by atoms with Gasteiger partial charge < -0.3 is 24.6 Å². The Labute approximate surface area is 247 Å². The quantitative estimate of drug-likeness (QED) is 0.273. The molecule has 0 aliphatic rings. The molecule has 3 rings (SSSR count). The van der Waals surface area contributed by atoms with Gasteiger partial charge in [-0.25, -0.2) is 0 Å². The highest BCUT2D eigenvalue weighted by atomic mass is 16.5. The molecule has 0 spiro atoms. The lowest BCUT2D eigenvalue weighted by molar-refractivity contribution is -0.128. The molecular formula is C32H42N4O6. The number of para-hydroxylation sites is 1. The number of anilines is 2.